The number of hydrogen-bond donors (Lipinski definition) is 0. The van der Waals surface area contributed by atoms with E-state index in [9.17, 15) is 0 Å². The summed E-state index contributed by atoms with van der Waals surface area (Å²) in [6, 6.07) is 32.8. The number of rotatable bonds is 5. The van der Waals surface area contributed by atoms with Crippen molar-refractivity contribution in [1.29, 1.82) is 0 Å². The zero-order chi connectivity index (χ0) is 18.5. The Labute approximate surface area is 179 Å². The SMILES string of the molecule is CC(C1OCCCO1)[P+](c1ccccc1)(c1ccccc1)c1ccccc1.[Br-]. The summed E-state index contributed by atoms with van der Waals surface area (Å²) in [7, 11) is -1.96. The average Bonchev–Trinajstić information content (AvgIpc) is 2.77. The van der Waals surface area contributed by atoms with Gasteiger partial charge in [0.25, 0.3) is 0 Å². The lowest BCUT2D eigenvalue weighted by Gasteiger charge is -2.37. The van der Waals surface area contributed by atoms with Gasteiger partial charge in [-0.2, -0.15) is 0 Å². The molecule has 146 valence electrons. The molecule has 28 heavy (non-hydrogen) atoms. The maximum atomic E-state index is 6.12. The van der Waals surface area contributed by atoms with E-state index in [2.05, 4.69) is 97.9 Å². The summed E-state index contributed by atoms with van der Waals surface area (Å²) in [5, 5.41) is 4.10. The minimum absolute atomic E-state index is 0. The largest absolute Gasteiger partial charge is 1.00 e. The molecule has 1 saturated heterocycles. The smallest absolute Gasteiger partial charge is 0.195 e. The highest BCUT2D eigenvalue weighted by molar-refractivity contribution is 7.96. The lowest BCUT2D eigenvalue weighted by atomic mass is 10.3. The van der Waals surface area contributed by atoms with Crippen molar-refractivity contribution in [2.24, 2.45) is 0 Å². The van der Waals surface area contributed by atoms with Crippen LogP contribution in [0.15, 0.2) is 91.0 Å². The molecular formula is C24H26BrO2P. The summed E-state index contributed by atoms with van der Waals surface area (Å²) in [6.07, 6.45) is 0.782. The molecule has 1 aliphatic heterocycles. The van der Waals surface area contributed by atoms with E-state index in [0.29, 0.717) is 0 Å². The van der Waals surface area contributed by atoms with Gasteiger partial charge in [0.2, 0.25) is 0 Å². The molecule has 1 atom stereocenters. The zero-order valence-electron chi connectivity index (χ0n) is 16.1. The molecule has 1 unspecified atom stereocenters. The minimum Gasteiger partial charge on any atom is -1.00 e. The van der Waals surface area contributed by atoms with Gasteiger partial charge in [-0.25, -0.2) is 0 Å². The van der Waals surface area contributed by atoms with Crippen molar-refractivity contribution in [3.63, 3.8) is 0 Å². The molecule has 0 spiro atoms. The Bertz CT molecular complexity index is 740. The second-order valence-corrected chi connectivity index (χ2v) is 10.7. The Morgan fingerprint density at radius 3 is 1.39 bits per heavy atom. The fourth-order valence-electron chi connectivity index (χ4n) is 4.11. The Morgan fingerprint density at radius 1 is 0.679 bits per heavy atom. The summed E-state index contributed by atoms with van der Waals surface area (Å²) in [5.41, 5.74) is 0.213. The lowest BCUT2D eigenvalue weighted by Crippen LogP contribution is -3.00. The van der Waals surface area contributed by atoms with Crippen LogP contribution in [0.2, 0.25) is 0 Å². The first-order chi connectivity index (χ1) is 13.3. The third-order valence-corrected chi connectivity index (χ3v) is 10.2. The summed E-state index contributed by atoms with van der Waals surface area (Å²) in [4.78, 5) is 0. The second kappa shape index (κ2) is 9.80. The van der Waals surface area contributed by atoms with Gasteiger partial charge in [0, 0.05) is 0 Å². The highest BCUT2D eigenvalue weighted by Crippen LogP contribution is 2.61. The first kappa shape index (κ1) is 21.2. The first-order valence-corrected chi connectivity index (χ1v) is 11.5. The lowest BCUT2D eigenvalue weighted by molar-refractivity contribution is -0.176. The molecule has 3 aromatic rings. The second-order valence-electron chi connectivity index (χ2n) is 6.93. The summed E-state index contributed by atoms with van der Waals surface area (Å²) in [5.74, 6) is 0. The van der Waals surface area contributed by atoms with Crippen molar-refractivity contribution in [1.82, 2.24) is 0 Å². The number of benzene rings is 3. The predicted octanol–water partition coefficient (Wildman–Crippen LogP) is 1.14. The normalized spacial score (nSPS) is 16.2. The van der Waals surface area contributed by atoms with E-state index in [4.69, 9.17) is 9.47 Å². The van der Waals surface area contributed by atoms with Gasteiger partial charge in [0.15, 0.2) is 6.29 Å². The van der Waals surface area contributed by atoms with Crippen LogP contribution in [0, 0.1) is 0 Å². The van der Waals surface area contributed by atoms with Crippen molar-refractivity contribution in [3.05, 3.63) is 91.0 Å². The molecule has 1 heterocycles. The predicted molar refractivity (Wildman–Crippen MR) is 115 cm³/mol. The van der Waals surface area contributed by atoms with Crippen molar-refractivity contribution in [3.8, 4) is 0 Å². The van der Waals surface area contributed by atoms with Crippen LogP contribution >= 0.6 is 7.26 Å². The highest BCUT2D eigenvalue weighted by atomic mass is 79.9. The summed E-state index contributed by atoms with van der Waals surface area (Å²) in [6.45, 7) is 3.84. The quantitative estimate of drug-likeness (QED) is 0.536. The van der Waals surface area contributed by atoms with Gasteiger partial charge in [-0.05, 0) is 49.7 Å². The van der Waals surface area contributed by atoms with Crippen LogP contribution in [-0.4, -0.2) is 25.2 Å². The van der Waals surface area contributed by atoms with Crippen LogP contribution in [0.4, 0.5) is 0 Å². The minimum atomic E-state index is -1.96. The van der Waals surface area contributed by atoms with Gasteiger partial charge in [-0.15, -0.1) is 0 Å². The monoisotopic (exact) mass is 456 g/mol. The summed E-state index contributed by atoms with van der Waals surface area (Å²) < 4.78 is 12.2. The van der Waals surface area contributed by atoms with Crippen LogP contribution in [0.1, 0.15) is 13.3 Å². The molecule has 0 aromatic heterocycles. The van der Waals surface area contributed by atoms with Gasteiger partial charge in [0.1, 0.15) is 28.8 Å². The zero-order valence-corrected chi connectivity index (χ0v) is 18.6. The molecule has 3 aromatic carbocycles. The molecule has 0 N–H and O–H groups in total. The molecular weight excluding hydrogens is 431 g/mol. The van der Waals surface area contributed by atoms with Crippen molar-refractivity contribution >= 4 is 23.2 Å². The molecule has 2 nitrogen and oxygen atoms in total. The van der Waals surface area contributed by atoms with E-state index < -0.39 is 7.26 Å². The summed E-state index contributed by atoms with van der Waals surface area (Å²) >= 11 is 0. The van der Waals surface area contributed by atoms with E-state index in [1.807, 2.05) is 0 Å². The van der Waals surface area contributed by atoms with Crippen LogP contribution < -0.4 is 32.9 Å². The molecule has 0 bridgehead atoms. The Morgan fingerprint density at radius 2 is 1.04 bits per heavy atom. The van der Waals surface area contributed by atoms with Gasteiger partial charge < -0.3 is 26.5 Å². The van der Waals surface area contributed by atoms with Crippen molar-refractivity contribution in [2.75, 3.05) is 13.2 Å². The van der Waals surface area contributed by atoms with E-state index in [1.165, 1.54) is 15.9 Å². The van der Waals surface area contributed by atoms with E-state index in [1.54, 1.807) is 0 Å². The molecule has 0 aliphatic carbocycles. The van der Waals surface area contributed by atoms with Crippen molar-refractivity contribution in [2.45, 2.75) is 25.3 Å². The Hall–Kier alpha value is -1.51. The third-order valence-electron chi connectivity index (χ3n) is 5.35. The molecule has 4 rings (SSSR count). The number of hydrogen-bond acceptors (Lipinski definition) is 2. The van der Waals surface area contributed by atoms with Gasteiger partial charge in [-0.1, -0.05) is 54.6 Å². The average molecular weight is 457 g/mol. The van der Waals surface area contributed by atoms with Crippen LogP contribution in [0.3, 0.4) is 0 Å². The molecule has 1 aliphatic rings. The molecule has 0 radical (unpaired) electrons. The van der Waals surface area contributed by atoms with E-state index in [-0.39, 0.29) is 28.9 Å². The van der Waals surface area contributed by atoms with Crippen LogP contribution in [0.25, 0.3) is 0 Å². The number of ether oxygens (including phenoxy) is 2. The van der Waals surface area contributed by atoms with E-state index in [0.717, 1.165) is 19.6 Å². The number of halogens is 1. The van der Waals surface area contributed by atoms with Crippen LogP contribution in [-0.2, 0) is 9.47 Å². The molecule has 0 saturated carbocycles. The first-order valence-electron chi connectivity index (χ1n) is 9.62. The molecule has 0 amide bonds. The topological polar surface area (TPSA) is 18.5 Å². The van der Waals surface area contributed by atoms with Gasteiger partial charge in [0.05, 0.1) is 13.2 Å². The highest BCUT2D eigenvalue weighted by Gasteiger charge is 2.54. The fourth-order valence-corrected chi connectivity index (χ4v) is 8.88. The molecule has 4 heteroatoms. The van der Waals surface area contributed by atoms with Gasteiger partial charge >= 0.3 is 0 Å². The molecule has 1 fully saturated rings. The maximum absolute atomic E-state index is 6.12. The third kappa shape index (κ3) is 3.95. The Balaban J connectivity index is 0.00000225. The standard InChI is InChI=1S/C24H26O2P.BrH/c1-20(24-25-18-11-19-26-24)27(21-12-5-2-6-13-21,22-14-7-3-8-15-22)23-16-9-4-10-17-23;/h2-10,12-17,20,24H,11,18-19H2,1H3;1H/q+1;/p-1. The van der Waals surface area contributed by atoms with Crippen LogP contribution in [0.5, 0.6) is 0 Å². The van der Waals surface area contributed by atoms with E-state index >= 15 is 0 Å². The fraction of sp³-hybridized carbons (Fsp3) is 0.250. The van der Waals surface area contributed by atoms with Gasteiger partial charge in [-0.3, -0.25) is 0 Å². The Kier molecular flexibility index (Phi) is 7.42. The maximum Gasteiger partial charge on any atom is 0.195 e. The van der Waals surface area contributed by atoms with Crippen molar-refractivity contribution < 1.29 is 26.5 Å².